The van der Waals surface area contributed by atoms with Crippen molar-refractivity contribution in [1.29, 1.82) is 0 Å². The maximum Gasteiger partial charge on any atom is 0.119 e. The smallest absolute Gasteiger partial charge is 0.119 e. The molecule has 90 valence electrons. The zero-order valence-electron chi connectivity index (χ0n) is 9.64. The van der Waals surface area contributed by atoms with E-state index in [2.05, 4.69) is 10.4 Å². The number of thiazole rings is 1. The number of nitrogens with one attached hydrogen (secondary N) is 1. The van der Waals surface area contributed by atoms with E-state index >= 15 is 0 Å². The van der Waals surface area contributed by atoms with E-state index in [1.807, 2.05) is 36.6 Å². The SMILES string of the molecule is CCOc1ccc(-c2csc(CNN)n2)cc1. The Balaban J connectivity index is 2.15. The van der Waals surface area contributed by atoms with Crippen molar-refractivity contribution in [2.45, 2.75) is 13.5 Å². The lowest BCUT2D eigenvalue weighted by atomic mass is 10.2. The third kappa shape index (κ3) is 3.03. The van der Waals surface area contributed by atoms with Crippen LogP contribution in [0.25, 0.3) is 11.3 Å². The van der Waals surface area contributed by atoms with Gasteiger partial charge in [-0.15, -0.1) is 11.3 Å². The van der Waals surface area contributed by atoms with Crippen LogP contribution >= 0.6 is 11.3 Å². The molecule has 0 atom stereocenters. The molecule has 0 amide bonds. The van der Waals surface area contributed by atoms with Crippen molar-refractivity contribution in [2.75, 3.05) is 6.61 Å². The van der Waals surface area contributed by atoms with Crippen LogP contribution in [0.4, 0.5) is 0 Å². The zero-order chi connectivity index (χ0) is 12.1. The fraction of sp³-hybridized carbons (Fsp3) is 0.250. The van der Waals surface area contributed by atoms with Crippen molar-refractivity contribution in [3.05, 3.63) is 34.7 Å². The molecule has 0 spiro atoms. The number of hydrazine groups is 1. The van der Waals surface area contributed by atoms with Crippen molar-refractivity contribution < 1.29 is 4.74 Å². The van der Waals surface area contributed by atoms with Gasteiger partial charge in [0.25, 0.3) is 0 Å². The largest absolute Gasteiger partial charge is 0.494 e. The highest BCUT2D eigenvalue weighted by atomic mass is 32.1. The molecule has 0 fully saturated rings. The molecule has 0 aliphatic rings. The summed E-state index contributed by atoms with van der Waals surface area (Å²) < 4.78 is 5.40. The lowest BCUT2D eigenvalue weighted by Crippen LogP contribution is -2.20. The van der Waals surface area contributed by atoms with Gasteiger partial charge in [-0.2, -0.15) is 0 Å². The summed E-state index contributed by atoms with van der Waals surface area (Å²) in [6.07, 6.45) is 0. The van der Waals surface area contributed by atoms with Gasteiger partial charge in [0.1, 0.15) is 10.8 Å². The molecule has 0 aliphatic heterocycles. The summed E-state index contributed by atoms with van der Waals surface area (Å²) in [5, 5.41) is 3.01. The fourth-order valence-electron chi connectivity index (χ4n) is 1.50. The lowest BCUT2D eigenvalue weighted by molar-refractivity contribution is 0.340. The molecule has 0 radical (unpaired) electrons. The zero-order valence-corrected chi connectivity index (χ0v) is 10.5. The highest BCUT2D eigenvalue weighted by Crippen LogP contribution is 2.24. The van der Waals surface area contributed by atoms with Crippen LogP contribution in [0.1, 0.15) is 11.9 Å². The molecule has 2 rings (SSSR count). The average Bonchev–Trinajstić information content (AvgIpc) is 2.80. The van der Waals surface area contributed by atoms with E-state index in [-0.39, 0.29) is 0 Å². The normalized spacial score (nSPS) is 10.5. The Morgan fingerprint density at radius 3 is 2.76 bits per heavy atom. The number of hydrogen-bond acceptors (Lipinski definition) is 5. The Hall–Kier alpha value is -1.43. The predicted molar refractivity (Wildman–Crippen MR) is 69.7 cm³/mol. The lowest BCUT2D eigenvalue weighted by Gasteiger charge is -2.03. The molecule has 17 heavy (non-hydrogen) atoms. The van der Waals surface area contributed by atoms with Crippen LogP contribution in [-0.4, -0.2) is 11.6 Å². The van der Waals surface area contributed by atoms with Crippen molar-refractivity contribution in [2.24, 2.45) is 5.84 Å². The first-order valence-corrected chi connectivity index (χ1v) is 6.32. The van der Waals surface area contributed by atoms with Crippen molar-refractivity contribution in [1.82, 2.24) is 10.4 Å². The molecule has 3 N–H and O–H groups in total. The summed E-state index contributed by atoms with van der Waals surface area (Å²) in [6, 6.07) is 7.94. The van der Waals surface area contributed by atoms with E-state index in [1.165, 1.54) is 0 Å². The summed E-state index contributed by atoms with van der Waals surface area (Å²) in [5.41, 5.74) is 4.67. The van der Waals surface area contributed by atoms with Gasteiger partial charge in [0.05, 0.1) is 18.8 Å². The molecular formula is C12H15N3OS. The molecule has 1 aromatic heterocycles. The fourth-order valence-corrected chi connectivity index (χ4v) is 2.25. The summed E-state index contributed by atoms with van der Waals surface area (Å²) >= 11 is 1.60. The van der Waals surface area contributed by atoms with E-state index in [1.54, 1.807) is 11.3 Å². The second-order valence-electron chi connectivity index (χ2n) is 3.46. The Labute approximate surface area is 104 Å². The Bertz CT molecular complexity index is 467. The molecule has 4 nitrogen and oxygen atoms in total. The van der Waals surface area contributed by atoms with Gasteiger partial charge in [-0.25, -0.2) is 4.98 Å². The second-order valence-corrected chi connectivity index (χ2v) is 4.41. The predicted octanol–water partition coefficient (Wildman–Crippen LogP) is 2.17. The van der Waals surface area contributed by atoms with Crippen LogP contribution in [0.3, 0.4) is 0 Å². The number of rotatable bonds is 5. The average molecular weight is 249 g/mol. The molecule has 0 saturated carbocycles. The molecule has 0 aliphatic carbocycles. The van der Waals surface area contributed by atoms with Crippen LogP contribution in [-0.2, 0) is 6.54 Å². The van der Waals surface area contributed by atoms with Gasteiger partial charge in [0.2, 0.25) is 0 Å². The van der Waals surface area contributed by atoms with E-state index in [4.69, 9.17) is 10.6 Å². The summed E-state index contributed by atoms with van der Waals surface area (Å²) in [7, 11) is 0. The number of nitrogens with two attached hydrogens (primary N) is 1. The monoisotopic (exact) mass is 249 g/mol. The van der Waals surface area contributed by atoms with Gasteiger partial charge in [0, 0.05) is 10.9 Å². The highest BCUT2D eigenvalue weighted by Gasteiger charge is 2.04. The molecule has 1 aromatic carbocycles. The minimum absolute atomic E-state index is 0.599. The van der Waals surface area contributed by atoms with Crippen LogP contribution in [0.15, 0.2) is 29.6 Å². The summed E-state index contributed by atoms with van der Waals surface area (Å²) in [6.45, 7) is 3.25. The molecule has 1 heterocycles. The van der Waals surface area contributed by atoms with E-state index in [9.17, 15) is 0 Å². The van der Waals surface area contributed by atoms with E-state index < -0.39 is 0 Å². The number of hydrogen-bond donors (Lipinski definition) is 2. The minimum atomic E-state index is 0.599. The number of nitrogens with zero attached hydrogens (tertiary/aromatic N) is 1. The summed E-state index contributed by atoms with van der Waals surface area (Å²) in [5.74, 6) is 6.15. The Kier molecular flexibility index (Phi) is 4.08. The molecule has 0 saturated heterocycles. The molecule has 0 unspecified atom stereocenters. The van der Waals surface area contributed by atoms with Crippen LogP contribution in [0, 0.1) is 0 Å². The van der Waals surface area contributed by atoms with Crippen molar-refractivity contribution in [3.8, 4) is 17.0 Å². The number of ether oxygens (including phenoxy) is 1. The maximum absolute atomic E-state index is 5.40. The molecule has 5 heteroatoms. The minimum Gasteiger partial charge on any atom is -0.494 e. The van der Waals surface area contributed by atoms with Crippen LogP contribution < -0.4 is 16.0 Å². The van der Waals surface area contributed by atoms with Gasteiger partial charge in [-0.05, 0) is 31.2 Å². The van der Waals surface area contributed by atoms with Gasteiger partial charge in [-0.3, -0.25) is 11.3 Å². The summed E-state index contributed by atoms with van der Waals surface area (Å²) in [4.78, 5) is 4.48. The third-order valence-electron chi connectivity index (χ3n) is 2.27. The van der Waals surface area contributed by atoms with Gasteiger partial charge >= 0.3 is 0 Å². The van der Waals surface area contributed by atoms with Crippen molar-refractivity contribution in [3.63, 3.8) is 0 Å². The first-order valence-electron chi connectivity index (χ1n) is 5.44. The van der Waals surface area contributed by atoms with Gasteiger partial charge < -0.3 is 4.74 Å². The highest BCUT2D eigenvalue weighted by molar-refractivity contribution is 7.09. The quantitative estimate of drug-likeness (QED) is 0.630. The first-order chi connectivity index (χ1) is 8.33. The third-order valence-corrected chi connectivity index (χ3v) is 3.11. The second kappa shape index (κ2) is 5.77. The number of aromatic nitrogens is 1. The van der Waals surface area contributed by atoms with Gasteiger partial charge in [-0.1, -0.05) is 0 Å². The molecule has 2 aromatic rings. The van der Waals surface area contributed by atoms with E-state index in [0.717, 1.165) is 22.0 Å². The molecule has 0 bridgehead atoms. The Morgan fingerprint density at radius 2 is 2.12 bits per heavy atom. The first kappa shape index (κ1) is 12.0. The maximum atomic E-state index is 5.40. The number of benzene rings is 1. The van der Waals surface area contributed by atoms with Gasteiger partial charge in [0.15, 0.2) is 0 Å². The van der Waals surface area contributed by atoms with Crippen LogP contribution in [0.5, 0.6) is 5.75 Å². The standard InChI is InChI=1S/C12H15N3OS/c1-2-16-10-5-3-9(4-6-10)11-8-17-12(15-11)7-14-13/h3-6,8,14H,2,7,13H2,1H3. The Morgan fingerprint density at radius 1 is 1.35 bits per heavy atom. The topological polar surface area (TPSA) is 60.2 Å². The van der Waals surface area contributed by atoms with Crippen molar-refractivity contribution >= 4 is 11.3 Å². The molecular weight excluding hydrogens is 234 g/mol. The van der Waals surface area contributed by atoms with E-state index in [0.29, 0.717) is 13.2 Å². The van der Waals surface area contributed by atoms with Crippen LogP contribution in [0.2, 0.25) is 0 Å².